The lowest BCUT2D eigenvalue weighted by Crippen LogP contribution is -2.00. The third kappa shape index (κ3) is 1.38. The summed E-state index contributed by atoms with van der Waals surface area (Å²) in [4.78, 5) is 15.8. The van der Waals surface area contributed by atoms with Crippen LogP contribution >= 0.6 is 11.3 Å². The smallest absolute Gasteiger partial charge is 0.354 e. The minimum Gasteiger partial charge on any atom is -0.497 e. The Labute approximate surface area is 99.9 Å². The molecule has 0 aliphatic heterocycles. The van der Waals surface area contributed by atoms with E-state index in [2.05, 4.69) is 4.98 Å². The van der Waals surface area contributed by atoms with Crippen molar-refractivity contribution >= 4 is 32.5 Å². The van der Waals surface area contributed by atoms with Gasteiger partial charge in [0.05, 0.1) is 23.5 Å². The highest BCUT2D eigenvalue weighted by Crippen LogP contribution is 2.30. The van der Waals surface area contributed by atoms with Crippen LogP contribution in [0.3, 0.4) is 0 Å². The van der Waals surface area contributed by atoms with Crippen LogP contribution in [0.1, 0.15) is 10.5 Å². The summed E-state index contributed by atoms with van der Waals surface area (Å²) in [6, 6.07) is 5.52. The second-order valence-electron chi connectivity index (χ2n) is 3.50. The minimum atomic E-state index is -0.979. The van der Waals surface area contributed by atoms with Gasteiger partial charge in [-0.15, -0.1) is 0 Å². The number of carboxylic acids is 1. The Morgan fingerprint density at radius 1 is 1.53 bits per heavy atom. The average Bonchev–Trinajstić information content (AvgIpc) is 2.85. The van der Waals surface area contributed by atoms with Gasteiger partial charge < -0.3 is 9.84 Å². The normalized spacial score (nSPS) is 11.1. The molecule has 86 valence electrons. The lowest BCUT2D eigenvalue weighted by molar-refractivity contribution is 0.0690. The van der Waals surface area contributed by atoms with Gasteiger partial charge in [0, 0.05) is 0 Å². The van der Waals surface area contributed by atoms with Crippen molar-refractivity contribution in [3.8, 4) is 5.75 Å². The number of ether oxygens (including phenoxy) is 1. The molecule has 1 N–H and O–H groups in total. The maximum Gasteiger partial charge on any atom is 0.354 e. The number of carbonyl (C=O) groups is 1. The maximum absolute atomic E-state index is 11.1. The van der Waals surface area contributed by atoms with E-state index in [0.717, 1.165) is 16.0 Å². The Balaban J connectivity index is 2.40. The Hall–Kier alpha value is -2.08. The summed E-state index contributed by atoms with van der Waals surface area (Å²) in [5.74, 6) is -0.230. The number of nitrogens with zero attached hydrogens (tertiary/aromatic N) is 2. The molecule has 2 heterocycles. The molecule has 1 aromatic carbocycles. The fourth-order valence-electron chi connectivity index (χ4n) is 1.78. The average molecular weight is 248 g/mol. The van der Waals surface area contributed by atoms with E-state index < -0.39 is 5.97 Å². The summed E-state index contributed by atoms with van der Waals surface area (Å²) < 4.78 is 7.73. The van der Waals surface area contributed by atoms with E-state index in [1.54, 1.807) is 17.6 Å². The Bertz CT molecular complexity index is 729. The van der Waals surface area contributed by atoms with Gasteiger partial charge in [-0.25, -0.2) is 9.78 Å². The molecule has 0 radical (unpaired) electrons. The number of imidazole rings is 1. The van der Waals surface area contributed by atoms with Gasteiger partial charge in [0.2, 0.25) is 0 Å². The van der Waals surface area contributed by atoms with Crippen LogP contribution in [-0.2, 0) is 0 Å². The zero-order valence-corrected chi connectivity index (χ0v) is 9.69. The molecule has 17 heavy (non-hydrogen) atoms. The molecule has 0 saturated carbocycles. The number of methoxy groups -OCH3 is 1. The number of aromatic carboxylic acids is 1. The van der Waals surface area contributed by atoms with Crippen molar-refractivity contribution < 1.29 is 14.6 Å². The molecule has 0 bridgehead atoms. The van der Waals surface area contributed by atoms with Crippen molar-refractivity contribution in [2.24, 2.45) is 0 Å². The van der Waals surface area contributed by atoms with Gasteiger partial charge in [-0.05, 0) is 18.2 Å². The molecule has 0 saturated heterocycles. The SMILES string of the molecule is COc1ccc2c(c1)sc1ncc(C(=O)O)n12. The first-order chi connectivity index (χ1) is 8.20. The number of fused-ring (bicyclic) bond motifs is 3. The second kappa shape index (κ2) is 3.46. The van der Waals surface area contributed by atoms with Gasteiger partial charge in [-0.3, -0.25) is 4.40 Å². The van der Waals surface area contributed by atoms with Crippen molar-refractivity contribution in [1.29, 1.82) is 0 Å². The fourth-order valence-corrected chi connectivity index (χ4v) is 2.81. The number of aromatic nitrogens is 2. The first kappa shape index (κ1) is 10.1. The molecule has 0 aliphatic carbocycles. The number of thiazole rings is 1. The monoisotopic (exact) mass is 248 g/mol. The molecular formula is C11H8N2O3S. The largest absolute Gasteiger partial charge is 0.497 e. The van der Waals surface area contributed by atoms with Gasteiger partial charge in [0.25, 0.3) is 0 Å². The molecular weight excluding hydrogens is 240 g/mol. The van der Waals surface area contributed by atoms with E-state index in [4.69, 9.17) is 9.84 Å². The molecule has 0 spiro atoms. The lowest BCUT2D eigenvalue weighted by atomic mass is 10.3. The maximum atomic E-state index is 11.1. The van der Waals surface area contributed by atoms with Gasteiger partial charge in [-0.2, -0.15) is 0 Å². The molecule has 0 unspecified atom stereocenters. The number of rotatable bonds is 2. The first-order valence-electron chi connectivity index (χ1n) is 4.88. The van der Waals surface area contributed by atoms with Gasteiger partial charge in [-0.1, -0.05) is 11.3 Å². The van der Waals surface area contributed by atoms with E-state index >= 15 is 0 Å². The molecule has 6 heteroatoms. The van der Waals surface area contributed by atoms with Crippen LogP contribution in [0, 0.1) is 0 Å². The van der Waals surface area contributed by atoms with Gasteiger partial charge >= 0.3 is 5.97 Å². The van der Waals surface area contributed by atoms with Crippen molar-refractivity contribution in [2.75, 3.05) is 7.11 Å². The van der Waals surface area contributed by atoms with Crippen LogP contribution in [0.5, 0.6) is 5.75 Å². The summed E-state index contributed by atoms with van der Waals surface area (Å²) in [5, 5.41) is 9.07. The molecule has 2 aromatic heterocycles. The molecule has 3 rings (SSSR count). The van der Waals surface area contributed by atoms with E-state index in [1.807, 2.05) is 12.1 Å². The predicted octanol–water partition coefficient (Wildman–Crippen LogP) is 2.26. The number of benzene rings is 1. The lowest BCUT2D eigenvalue weighted by Gasteiger charge is -1.99. The molecule has 0 amide bonds. The topological polar surface area (TPSA) is 63.8 Å². The standard InChI is InChI=1S/C11H8N2O3S/c1-16-6-2-3-7-9(4-6)17-11-12-5-8(10(14)15)13(7)11/h2-5H,1H3,(H,14,15). The van der Waals surface area contributed by atoms with Crippen molar-refractivity contribution in [2.45, 2.75) is 0 Å². The molecule has 3 aromatic rings. The van der Waals surface area contributed by atoms with Crippen molar-refractivity contribution in [3.63, 3.8) is 0 Å². The summed E-state index contributed by atoms with van der Waals surface area (Å²) in [6.45, 7) is 0. The van der Waals surface area contributed by atoms with Crippen LogP contribution in [0.4, 0.5) is 0 Å². The summed E-state index contributed by atoms with van der Waals surface area (Å²) >= 11 is 1.44. The van der Waals surface area contributed by atoms with Crippen molar-refractivity contribution in [3.05, 3.63) is 30.1 Å². The second-order valence-corrected chi connectivity index (χ2v) is 4.51. The zero-order valence-electron chi connectivity index (χ0n) is 8.88. The van der Waals surface area contributed by atoms with Crippen LogP contribution in [0.25, 0.3) is 15.2 Å². The van der Waals surface area contributed by atoms with E-state index in [-0.39, 0.29) is 5.69 Å². The minimum absolute atomic E-state index is 0.177. The summed E-state index contributed by atoms with van der Waals surface area (Å²) in [7, 11) is 1.60. The molecule has 0 fully saturated rings. The van der Waals surface area contributed by atoms with Crippen LogP contribution in [-0.4, -0.2) is 27.6 Å². The van der Waals surface area contributed by atoms with Crippen LogP contribution in [0.15, 0.2) is 24.4 Å². The highest BCUT2D eigenvalue weighted by atomic mass is 32.1. The third-order valence-corrected chi connectivity index (χ3v) is 3.58. The highest BCUT2D eigenvalue weighted by Gasteiger charge is 2.15. The van der Waals surface area contributed by atoms with Crippen molar-refractivity contribution in [1.82, 2.24) is 9.38 Å². The predicted molar refractivity (Wildman–Crippen MR) is 64.1 cm³/mol. The fraction of sp³-hybridized carbons (Fsp3) is 0.0909. The molecule has 0 aliphatic rings. The molecule has 5 nitrogen and oxygen atoms in total. The van der Waals surface area contributed by atoms with E-state index in [1.165, 1.54) is 17.5 Å². The Kier molecular flexibility index (Phi) is 2.05. The number of hydrogen-bond donors (Lipinski definition) is 1. The van der Waals surface area contributed by atoms with Gasteiger partial charge in [0.1, 0.15) is 5.75 Å². The highest BCUT2D eigenvalue weighted by molar-refractivity contribution is 7.23. The molecule has 0 atom stereocenters. The zero-order chi connectivity index (χ0) is 12.0. The van der Waals surface area contributed by atoms with Crippen LogP contribution in [0.2, 0.25) is 0 Å². The van der Waals surface area contributed by atoms with Crippen LogP contribution < -0.4 is 4.74 Å². The van der Waals surface area contributed by atoms with E-state index in [0.29, 0.717) is 4.96 Å². The number of carboxylic acid groups (broad SMARTS) is 1. The Morgan fingerprint density at radius 3 is 3.06 bits per heavy atom. The quantitative estimate of drug-likeness (QED) is 0.755. The first-order valence-corrected chi connectivity index (χ1v) is 5.69. The number of hydrogen-bond acceptors (Lipinski definition) is 4. The Morgan fingerprint density at radius 2 is 2.35 bits per heavy atom. The third-order valence-electron chi connectivity index (χ3n) is 2.56. The summed E-state index contributed by atoms with van der Waals surface area (Å²) in [6.07, 6.45) is 1.37. The summed E-state index contributed by atoms with van der Waals surface area (Å²) in [5.41, 5.74) is 1.01. The van der Waals surface area contributed by atoms with E-state index in [9.17, 15) is 4.79 Å². The van der Waals surface area contributed by atoms with Gasteiger partial charge in [0.15, 0.2) is 10.7 Å².